The number of ether oxygens (including phenoxy) is 2. The van der Waals surface area contributed by atoms with E-state index in [-0.39, 0.29) is 33.9 Å². The van der Waals surface area contributed by atoms with E-state index in [0.717, 1.165) is 19.3 Å². The summed E-state index contributed by atoms with van der Waals surface area (Å²) < 4.78 is 34.0. The van der Waals surface area contributed by atoms with Crippen molar-refractivity contribution in [2.75, 3.05) is 6.61 Å². The SMILES string of the molecule is CC(C)(C)[Si](C)(C)OCc1[nH]c(=O)c2cnc(Cl)c(F)c2c1C1(OC2CCCCO2)CC1. The third-order valence-corrected chi connectivity index (χ3v) is 11.8. The van der Waals surface area contributed by atoms with E-state index < -0.39 is 25.3 Å². The van der Waals surface area contributed by atoms with Crippen LogP contribution in [-0.4, -0.2) is 31.2 Å². The topological polar surface area (TPSA) is 73.4 Å². The maximum Gasteiger partial charge on any atom is 0.257 e. The Morgan fingerprint density at radius 2 is 2.06 bits per heavy atom. The van der Waals surface area contributed by atoms with Gasteiger partial charge in [-0.3, -0.25) is 4.79 Å². The molecule has 1 saturated heterocycles. The van der Waals surface area contributed by atoms with Crippen molar-refractivity contribution in [3.05, 3.63) is 38.8 Å². The van der Waals surface area contributed by atoms with Crippen LogP contribution < -0.4 is 5.56 Å². The lowest BCUT2D eigenvalue weighted by Gasteiger charge is -2.36. The first kappa shape index (κ1) is 23.8. The molecule has 176 valence electrons. The molecule has 9 heteroatoms. The zero-order valence-electron chi connectivity index (χ0n) is 19.4. The number of pyridine rings is 2. The molecule has 6 nitrogen and oxygen atoms in total. The van der Waals surface area contributed by atoms with E-state index >= 15 is 4.39 Å². The number of hydrogen-bond acceptors (Lipinski definition) is 5. The molecule has 1 saturated carbocycles. The molecule has 1 aliphatic carbocycles. The average Bonchev–Trinajstić information content (AvgIpc) is 3.49. The van der Waals surface area contributed by atoms with E-state index in [1.807, 2.05) is 0 Å². The molecule has 1 N–H and O–H groups in total. The first-order valence-corrected chi connectivity index (χ1v) is 14.6. The summed E-state index contributed by atoms with van der Waals surface area (Å²) in [5, 5.41) is 0.0746. The van der Waals surface area contributed by atoms with Gasteiger partial charge in [-0.05, 0) is 50.2 Å². The second-order valence-corrected chi connectivity index (χ2v) is 15.6. The summed E-state index contributed by atoms with van der Waals surface area (Å²) in [6.07, 6.45) is 5.23. The molecule has 1 aliphatic heterocycles. The van der Waals surface area contributed by atoms with Crippen LogP contribution in [0.15, 0.2) is 11.0 Å². The molecule has 0 spiro atoms. The number of nitrogens with one attached hydrogen (secondary N) is 1. The van der Waals surface area contributed by atoms with Crippen molar-refractivity contribution in [1.29, 1.82) is 0 Å². The van der Waals surface area contributed by atoms with Gasteiger partial charge in [-0.15, -0.1) is 0 Å². The fourth-order valence-electron chi connectivity index (χ4n) is 3.97. The molecule has 0 aromatic carbocycles. The molecule has 2 aromatic rings. The van der Waals surface area contributed by atoms with Crippen LogP contribution in [0.2, 0.25) is 23.3 Å². The number of rotatable bonds is 6. The first-order valence-electron chi connectivity index (χ1n) is 11.3. The maximum atomic E-state index is 15.4. The van der Waals surface area contributed by atoms with Crippen LogP contribution in [0, 0.1) is 5.82 Å². The van der Waals surface area contributed by atoms with E-state index in [9.17, 15) is 4.79 Å². The molecular weight excluding hydrogens is 451 g/mol. The Hall–Kier alpha value is -1.32. The number of aromatic nitrogens is 2. The second kappa shape index (κ2) is 8.47. The molecule has 4 rings (SSSR count). The summed E-state index contributed by atoms with van der Waals surface area (Å²) in [5.41, 5.74) is 0.0104. The zero-order valence-corrected chi connectivity index (χ0v) is 21.2. The van der Waals surface area contributed by atoms with Gasteiger partial charge < -0.3 is 18.9 Å². The van der Waals surface area contributed by atoms with Crippen molar-refractivity contribution in [3.8, 4) is 0 Å². The Labute approximate surface area is 193 Å². The van der Waals surface area contributed by atoms with E-state index in [1.165, 1.54) is 6.20 Å². The molecule has 2 aliphatic rings. The predicted octanol–water partition coefficient (Wildman–Crippen LogP) is 5.77. The van der Waals surface area contributed by atoms with Crippen molar-refractivity contribution in [2.45, 2.75) is 89.5 Å². The number of aromatic amines is 1. The van der Waals surface area contributed by atoms with Crippen molar-refractivity contribution in [1.82, 2.24) is 9.97 Å². The summed E-state index contributed by atoms with van der Waals surface area (Å²) in [6, 6.07) is 0. The summed E-state index contributed by atoms with van der Waals surface area (Å²) in [5.74, 6) is -0.696. The van der Waals surface area contributed by atoms with Gasteiger partial charge in [-0.2, -0.15) is 0 Å². The highest BCUT2D eigenvalue weighted by Crippen LogP contribution is 2.54. The Balaban J connectivity index is 1.83. The van der Waals surface area contributed by atoms with Crippen molar-refractivity contribution >= 4 is 30.7 Å². The lowest BCUT2D eigenvalue weighted by Crippen LogP contribution is -2.41. The molecule has 2 fully saturated rings. The van der Waals surface area contributed by atoms with Crippen LogP contribution in [0.4, 0.5) is 4.39 Å². The maximum absolute atomic E-state index is 15.4. The Kier molecular flexibility index (Phi) is 6.31. The van der Waals surface area contributed by atoms with E-state index in [1.54, 1.807) is 0 Å². The lowest BCUT2D eigenvalue weighted by molar-refractivity contribution is -0.199. The number of fused-ring (bicyclic) bond motifs is 1. The quantitative estimate of drug-likeness (QED) is 0.418. The number of nitrogens with zero attached hydrogens (tertiary/aromatic N) is 1. The summed E-state index contributed by atoms with van der Waals surface area (Å²) in [6.45, 7) is 11.6. The molecular formula is C23H32ClFN2O4Si. The second-order valence-electron chi connectivity index (χ2n) is 10.4. The van der Waals surface area contributed by atoms with Crippen LogP contribution in [-0.2, 0) is 26.1 Å². The Bertz CT molecular complexity index is 1070. The molecule has 0 radical (unpaired) electrons. The molecule has 1 atom stereocenters. The fourth-order valence-corrected chi connectivity index (χ4v) is 5.06. The molecule has 0 amide bonds. The van der Waals surface area contributed by atoms with Crippen LogP contribution in [0.25, 0.3) is 10.8 Å². The Morgan fingerprint density at radius 1 is 1.34 bits per heavy atom. The summed E-state index contributed by atoms with van der Waals surface area (Å²) in [4.78, 5) is 19.7. The minimum atomic E-state index is -2.12. The lowest BCUT2D eigenvalue weighted by atomic mass is 9.98. The van der Waals surface area contributed by atoms with Crippen LogP contribution in [0.5, 0.6) is 0 Å². The van der Waals surface area contributed by atoms with E-state index in [2.05, 4.69) is 43.8 Å². The molecule has 0 bridgehead atoms. The van der Waals surface area contributed by atoms with Crippen molar-refractivity contribution in [2.24, 2.45) is 0 Å². The third-order valence-electron chi connectivity index (χ3n) is 7.08. The first-order chi connectivity index (χ1) is 15.0. The zero-order chi connectivity index (χ0) is 23.3. The van der Waals surface area contributed by atoms with Gasteiger partial charge in [0, 0.05) is 29.4 Å². The number of hydrogen-bond donors (Lipinski definition) is 1. The van der Waals surface area contributed by atoms with Crippen LogP contribution >= 0.6 is 11.6 Å². The van der Waals surface area contributed by atoms with Gasteiger partial charge in [0.25, 0.3) is 5.56 Å². The minimum Gasteiger partial charge on any atom is -0.411 e. The fraction of sp³-hybridized carbons (Fsp3) is 0.652. The van der Waals surface area contributed by atoms with E-state index in [0.29, 0.717) is 30.7 Å². The third kappa shape index (κ3) is 4.40. The number of halogens is 2. The highest BCUT2D eigenvalue weighted by atomic mass is 35.5. The van der Waals surface area contributed by atoms with Gasteiger partial charge in [-0.1, -0.05) is 32.4 Å². The average molecular weight is 483 g/mol. The van der Waals surface area contributed by atoms with E-state index in [4.69, 9.17) is 25.5 Å². The smallest absolute Gasteiger partial charge is 0.257 e. The molecule has 3 heterocycles. The van der Waals surface area contributed by atoms with Gasteiger partial charge in [0.15, 0.2) is 25.6 Å². The minimum absolute atomic E-state index is 0.00745. The monoisotopic (exact) mass is 482 g/mol. The van der Waals surface area contributed by atoms with Crippen molar-refractivity contribution in [3.63, 3.8) is 0 Å². The summed E-state index contributed by atoms with van der Waals surface area (Å²) >= 11 is 6.05. The van der Waals surface area contributed by atoms with Crippen LogP contribution in [0.1, 0.15) is 64.1 Å². The van der Waals surface area contributed by atoms with Gasteiger partial charge in [0.2, 0.25) is 0 Å². The standard InChI is InChI=1S/C23H32ClFN2O4Si/c1-22(2,3)32(4,5)30-13-15-18(23(9-10-23)31-16-8-6-7-11-29-16)17-14(21(28)27-15)12-26-20(24)19(17)25/h12,16H,6-11,13H2,1-5H3,(H,27,28). The van der Waals surface area contributed by atoms with Gasteiger partial charge in [-0.25, -0.2) is 9.37 Å². The molecule has 2 aromatic heterocycles. The largest absolute Gasteiger partial charge is 0.411 e. The summed E-state index contributed by atoms with van der Waals surface area (Å²) in [7, 11) is -2.12. The molecule has 32 heavy (non-hydrogen) atoms. The number of H-pyrrole nitrogens is 1. The molecule has 1 unspecified atom stereocenters. The highest BCUT2D eigenvalue weighted by molar-refractivity contribution is 6.74. The van der Waals surface area contributed by atoms with Crippen molar-refractivity contribution < 1.29 is 18.3 Å². The van der Waals surface area contributed by atoms with Gasteiger partial charge in [0.05, 0.1) is 17.6 Å². The Morgan fingerprint density at radius 3 is 2.66 bits per heavy atom. The normalized spacial score (nSPS) is 21.2. The van der Waals surface area contributed by atoms with Gasteiger partial charge >= 0.3 is 0 Å². The highest BCUT2D eigenvalue weighted by Gasteiger charge is 2.51. The predicted molar refractivity (Wildman–Crippen MR) is 125 cm³/mol. The van der Waals surface area contributed by atoms with Gasteiger partial charge in [0.1, 0.15) is 0 Å². The van der Waals surface area contributed by atoms with Crippen LogP contribution in [0.3, 0.4) is 0 Å².